The van der Waals surface area contributed by atoms with E-state index in [4.69, 9.17) is 4.74 Å². The fourth-order valence-corrected chi connectivity index (χ4v) is 2.06. The second kappa shape index (κ2) is 6.17. The maximum Gasteiger partial charge on any atom is 0.257 e. The van der Waals surface area contributed by atoms with Crippen molar-refractivity contribution in [1.82, 2.24) is 15.2 Å². The molecule has 0 atom stereocenters. The predicted molar refractivity (Wildman–Crippen MR) is 68.9 cm³/mol. The molecule has 0 saturated carbocycles. The molecule has 6 heteroatoms. The molecule has 0 unspecified atom stereocenters. The molecule has 1 saturated heterocycles. The van der Waals surface area contributed by atoms with Gasteiger partial charge in [0, 0.05) is 19.3 Å². The molecular formula is C13H17N3O3. The maximum atomic E-state index is 11.9. The van der Waals surface area contributed by atoms with E-state index < -0.39 is 0 Å². The van der Waals surface area contributed by atoms with Gasteiger partial charge in [0.05, 0.1) is 13.7 Å². The number of amides is 2. The monoisotopic (exact) mass is 263 g/mol. The van der Waals surface area contributed by atoms with Crippen molar-refractivity contribution in [2.45, 2.75) is 12.8 Å². The van der Waals surface area contributed by atoms with Gasteiger partial charge in [0.1, 0.15) is 5.56 Å². The van der Waals surface area contributed by atoms with Crippen LogP contribution in [0.2, 0.25) is 0 Å². The fourth-order valence-electron chi connectivity index (χ4n) is 2.06. The number of aromatic nitrogens is 1. The minimum Gasteiger partial charge on any atom is -0.480 e. The highest BCUT2D eigenvalue weighted by Crippen LogP contribution is 2.13. The first kappa shape index (κ1) is 13.3. The Labute approximate surface area is 111 Å². The minimum atomic E-state index is -0.350. The van der Waals surface area contributed by atoms with Crippen LogP contribution in [0.15, 0.2) is 18.3 Å². The molecule has 2 heterocycles. The van der Waals surface area contributed by atoms with Gasteiger partial charge in [-0.2, -0.15) is 0 Å². The summed E-state index contributed by atoms with van der Waals surface area (Å²) in [5, 5.41) is 2.60. The van der Waals surface area contributed by atoms with E-state index >= 15 is 0 Å². The zero-order chi connectivity index (χ0) is 13.7. The summed E-state index contributed by atoms with van der Waals surface area (Å²) in [4.78, 5) is 29.5. The van der Waals surface area contributed by atoms with Crippen LogP contribution in [0.25, 0.3) is 0 Å². The summed E-state index contributed by atoms with van der Waals surface area (Å²) in [5.41, 5.74) is 0.333. The number of rotatable bonds is 4. The Morgan fingerprint density at radius 3 is 2.84 bits per heavy atom. The zero-order valence-corrected chi connectivity index (χ0v) is 10.9. The van der Waals surface area contributed by atoms with Gasteiger partial charge in [-0.3, -0.25) is 9.59 Å². The van der Waals surface area contributed by atoms with Gasteiger partial charge in [0.2, 0.25) is 11.8 Å². The fraction of sp³-hybridized carbons (Fsp3) is 0.462. The van der Waals surface area contributed by atoms with E-state index in [0.29, 0.717) is 5.56 Å². The molecule has 0 spiro atoms. The summed E-state index contributed by atoms with van der Waals surface area (Å²) in [6.07, 6.45) is 3.62. The van der Waals surface area contributed by atoms with E-state index in [9.17, 15) is 9.59 Å². The third-order valence-electron chi connectivity index (χ3n) is 3.07. The largest absolute Gasteiger partial charge is 0.480 e. The van der Waals surface area contributed by atoms with Crippen LogP contribution in [0.4, 0.5) is 0 Å². The maximum absolute atomic E-state index is 11.9. The molecular weight excluding hydrogens is 246 g/mol. The van der Waals surface area contributed by atoms with Crippen molar-refractivity contribution >= 4 is 11.8 Å². The lowest BCUT2D eigenvalue weighted by Gasteiger charge is -2.15. The molecule has 1 N–H and O–H groups in total. The summed E-state index contributed by atoms with van der Waals surface area (Å²) in [5.74, 6) is -0.139. The smallest absolute Gasteiger partial charge is 0.257 e. The van der Waals surface area contributed by atoms with Gasteiger partial charge in [-0.05, 0) is 25.0 Å². The predicted octanol–water partition coefficient (Wildman–Crippen LogP) is 0.442. The number of ether oxygens (including phenoxy) is 1. The van der Waals surface area contributed by atoms with Gasteiger partial charge >= 0.3 is 0 Å². The lowest BCUT2D eigenvalue weighted by atomic mass is 10.2. The molecule has 2 amide bonds. The van der Waals surface area contributed by atoms with Crippen LogP contribution in [0.5, 0.6) is 5.88 Å². The normalized spacial score (nSPS) is 14.3. The van der Waals surface area contributed by atoms with E-state index in [2.05, 4.69) is 10.3 Å². The molecule has 0 radical (unpaired) electrons. The Bertz CT molecular complexity index is 470. The van der Waals surface area contributed by atoms with Crippen LogP contribution < -0.4 is 10.1 Å². The van der Waals surface area contributed by atoms with Crippen molar-refractivity contribution < 1.29 is 14.3 Å². The van der Waals surface area contributed by atoms with Crippen LogP contribution in [-0.4, -0.2) is 48.4 Å². The number of likely N-dealkylation sites (tertiary alicyclic amines) is 1. The highest BCUT2D eigenvalue weighted by Gasteiger charge is 2.19. The van der Waals surface area contributed by atoms with Crippen molar-refractivity contribution in [2.24, 2.45) is 0 Å². The van der Waals surface area contributed by atoms with Crippen LogP contribution >= 0.6 is 0 Å². The van der Waals surface area contributed by atoms with Crippen LogP contribution in [0.1, 0.15) is 23.2 Å². The highest BCUT2D eigenvalue weighted by atomic mass is 16.5. The summed E-state index contributed by atoms with van der Waals surface area (Å²) >= 11 is 0. The van der Waals surface area contributed by atoms with E-state index in [1.807, 2.05) is 0 Å². The second-order valence-electron chi connectivity index (χ2n) is 4.33. The molecule has 1 aliphatic heterocycles. The quantitative estimate of drug-likeness (QED) is 0.855. The third kappa shape index (κ3) is 3.21. The second-order valence-corrected chi connectivity index (χ2v) is 4.33. The lowest BCUT2D eigenvalue weighted by molar-refractivity contribution is -0.129. The Hall–Kier alpha value is -2.11. The Morgan fingerprint density at radius 1 is 1.42 bits per heavy atom. The van der Waals surface area contributed by atoms with Crippen molar-refractivity contribution in [3.8, 4) is 5.88 Å². The standard InChI is InChI=1S/C13H17N3O3/c1-19-13-10(5-4-6-14-13)12(18)15-9-11(17)16-7-2-3-8-16/h4-6H,2-3,7-9H2,1H3,(H,15,18). The molecule has 19 heavy (non-hydrogen) atoms. The van der Waals surface area contributed by atoms with Crippen molar-refractivity contribution in [2.75, 3.05) is 26.7 Å². The summed E-state index contributed by atoms with van der Waals surface area (Å²) in [7, 11) is 1.45. The van der Waals surface area contributed by atoms with Crippen LogP contribution in [0.3, 0.4) is 0 Å². The molecule has 2 rings (SSSR count). The van der Waals surface area contributed by atoms with Gasteiger partial charge < -0.3 is 15.0 Å². The van der Waals surface area contributed by atoms with Crippen molar-refractivity contribution in [3.63, 3.8) is 0 Å². The van der Waals surface area contributed by atoms with Crippen LogP contribution in [-0.2, 0) is 4.79 Å². The molecule has 6 nitrogen and oxygen atoms in total. The average molecular weight is 263 g/mol. The number of nitrogens with zero attached hydrogens (tertiary/aromatic N) is 2. The lowest BCUT2D eigenvalue weighted by Crippen LogP contribution is -2.38. The Morgan fingerprint density at radius 2 is 2.16 bits per heavy atom. The Balaban J connectivity index is 1.92. The molecule has 1 fully saturated rings. The summed E-state index contributed by atoms with van der Waals surface area (Å²) < 4.78 is 5.01. The SMILES string of the molecule is COc1ncccc1C(=O)NCC(=O)N1CCCC1. The van der Waals surface area contributed by atoms with Gasteiger partial charge in [-0.1, -0.05) is 0 Å². The van der Waals surface area contributed by atoms with E-state index in [0.717, 1.165) is 25.9 Å². The van der Waals surface area contributed by atoms with Crippen molar-refractivity contribution in [3.05, 3.63) is 23.9 Å². The van der Waals surface area contributed by atoms with E-state index in [-0.39, 0.29) is 24.2 Å². The first-order valence-electron chi connectivity index (χ1n) is 6.27. The van der Waals surface area contributed by atoms with Crippen LogP contribution in [0, 0.1) is 0 Å². The van der Waals surface area contributed by atoms with E-state index in [1.165, 1.54) is 7.11 Å². The number of methoxy groups -OCH3 is 1. The number of hydrogen-bond donors (Lipinski definition) is 1. The highest BCUT2D eigenvalue weighted by molar-refractivity contribution is 5.98. The zero-order valence-electron chi connectivity index (χ0n) is 10.9. The molecule has 0 bridgehead atoms. The molecule has 1 aromatic rings. The topological polar surface area (TPSA) is 71.5 Å². The summed E-state index contributed by atoms with van der Waals surface area (Å²) in [6.45, 7) is 1.58. The first-order chi connectivity index (χ1) is 9.22. The molecule has 0 aromatic carbocycles. The molecule has 1 aromatic heterocycles. The summed E-state index contributed by atoms with van der Waals surface area (Å²) in [6, 6.07) is 3.27. The third-order valence-corrected chi connectivity index (χ3v) is 3.07. The van der Waals surface area contributed by atoms with Gasteiger partial charge in [0.25, 0.3) is 5.91 Å². The number of nitrogens with one attached hydrogen (secondary N) is 1. The number of pyridine rings is 1. The first-order valence-corrected chi connectivity index (χ1v) is 6.27. The van der Waals surface area contributed by atoms with Gasteiger partial charge in [0.15, 0.2) is 0 Å². The van der Waals surface area contributed by atoms with Gasteiger partial charge in [-0.25, -0.2) is 4.98 Å². The molecule has 0 aliphatic carbocycles. The molecule has 1 aliphatic rings. The van der Waals surface area contributed by atoms with E-state index in [1.54, 1.807) is 23.2 Å². The Kier molecular flexibility index (Phi) is 4.33. The molecule has 102 valence electrons. The number of carbonyl (C=O) groups is 2. The number of hydrogen-bond acceptors (Lipinski definition) is 4. The number of carbonyl (C=O) groups excluding carboxylic acids is 2. The average Bonchev–Trinajstić information content (AvgIpc) is 2.98. The minimum absolute atomic E-state index is 0.0108. The van der Waals surface area contributed by atoms with Crippen molar-refractivity contribution in [1.29, 1.82) is 0 Å². The van der Waals surface area contributed by atoms with Gasteiger partial charge in [-0.15, -0.1) is 0 Å².